The minimum absolute atomic E-state index is 0.101. The largest absolute Gasteiger partial charge is 0.444 e. The predicted octanol–water partition coefficient (Wildman–Crippen LogP) is 2.57. The minimum atomic E-state index is -0.461. The maximum Gasteiger partial charge on any atom is 0.410 e. The third-order valence-electron chi connectivity index (χ3n) is 2.35. The number of ether oxygens (including phenoxy) is 2. The summed E-state index contributed by atoms with van der Waals surface area (Å²) >= 11 is 3.34. The van der Waals surface area contributed by atoms with Crippen molar-refractivity contribution in [2.45, 2.75) is 32.5 Å². The summed E-state index contributed by atoms with van der Waals surface area (Å²) in [7, 11) is 0. The fraction of sp³-hybridized carbons (Fsp3) is 0.750. The smallest absolute Gasteiger partial charge is 0.410 e. The zero-order valence-electron chi connectivity index (χ0n) is 10.7. The van der Waals surface area contributed by atoms with Crippen molar-refractivity contribution in [2.24, 2.45) is 0 Å². The number of morpholine rings is 1. The van der Waals surface area contributed by atoms with Crippen LogP contribution in [0.2, 0.25) is 0 Å². The first-order valence-electron chi connectivity index (χ1n) is 5.66. The lowest BCUT2D eigenvalue weighted by Gasteiger charge is -2.34. The Morgan fingerprint density at radius 3 is 2.76 bits per heavy atom. The summed E-state index contributed by atoms with van der Waals surface area (Å²) in [4.78, 5) is 13.6. The van der Waals surface area contributed by atoms with Crippen LogP contribution in [0.25, 0.3) is 0 Å². The lowest BCUT2D eigenvalue weighted by Crippen LogP contribution is -2.48. The molecule has 0 spiro atoms. The highest BCUT2D eigenvalue weighted by molar-refractivity contribution is 9.09. The first-order valence-corrected chi connectivity index (χ1v) is 6.79. The molecule has 0 aromatic carbocycles. The molecule has 1 aliphatic rings. The lowest BCUT2D eigenvalue weighted by atomic mass is 10.1. The zero-order valence-corrected chi connectivity index (χ0v) is 12.2. The number of nitrogens with zero attached hydrogens (tertiary/aromatic N) is 1. The number of halogens is 1. The van der Waals surface area contributed by atoms with E-state index in [1.54, 1.807) is 4.90 Å². The summed E-state index contributed by atoms with van der Waals surface area (Å²) in [5.74, 6) is 0. The van der Waals surface area contributed by atoms with E-state index < -0.39 is 5.60 Å². The Hall–Kier alpha value is -0.550. The first kappa shape index (κ1) is 14.5. The molecule has 4 nitrogen and oxygen atoms in total. The van der Waals surface area contributed by atoms with E-state index in [4.69, 9.17) is 9.47 Å². The number of alkyl halides is 1. The third kappa shape index (κ3) is 4.68. The van der Waals surface area contributed by atoms with Gasteiger partial charge in [0, 0.05) is 11.9 Å². The Kier molecular flexibility index (Phi) is 5.01. The lowest BCUT2D eigenvalue weighted by molar-refractivity contribution is -0.0293. The molecule has 0 aromatic heterocycles. The molecular weight excluding hydrogens is 286 g/mol. The van der Waals surface area contributed by atoms with E-state index in [1.807, 2.05) is 20.8 Å². The van der Waals surface area contributed by atoms with Crippen molar-refractivity contribution in [3.8, 4) is 0 Å². The van der Waals surface area contributed by atoms with Crippen molar-refractivity contribution in [1.82, 2.24) is 4.90 Å². The standard InChI is InChI=1S/C12H20BrNO3/c1-9(7-13)10-8-14(5-6-16-10)11(15)17-12(2,3)4/h10H,1,5-8H2,2-4H3. The van der Waals surface area contributed by atoms with Crippen LogP contribution >= 0.6 is 15.9 Å². The molecule has 0 aromatic rings. The minimum Gasteiger partial charge on any atom is -0.444 e. The Balaban J connectivity index is 2.55. The summed E-state index contributed by atoms with van der Waals surface area (Å²) in [5.41, 5.74) is 0.482. The van der Waals surface area contributed by atoms with E-state index >= 15 is 0 Å². The van der Waals surface area contributed by atoms with E-state index in [9.17, 15) is 4.79 Å². The topological polar surface area (TPSA) is 38.8 Å². The highest BCUT2D eigenvalue weighted by Gasteiger charge is 2.28. The van der Waals surface area contributed by atoms with Crippen molar-refractivity contribution < 1.29 is 14.3 Å². The second kappa shape index (κ2) is 5.87. The normalized spacial score (nSPS) is 21.2. The van der Waals surface area contributed by atoms with Crippen LogP contribution in [0.15, 0.2) is 12.2 Å². The van der Waals surface area contributed by atoms with Crippen LogP contribution in [0.3, 0.4) is 0 Å². The van der Waals surface area contributed by atoms with Gasteiger partial charge in [-0.25, -0.2) is 4.79 Å². The molecule has 1 saturated heterocycles. The quantitative estimate of drug-likeness (QED) is 0.581. The van der Waals surface area contributed by atoms with E-state index in [0.29, 0.717) is 25.0 Å². The van der Waals surface area contributed by atoms with Gasteiger partial charge in [-0.3, -0.25) is 0 Å². The van der Waals surface area contributed by atoms with Crippen LogP contribution in [0.5, 0.6) is 0 Å². The van der Waals surface area contributed by atoms with Gasteiger partial charge in [-0.1, -0.05) is 22.5 Å². The molecule has 17 heavy (non-hydrogen) atoms. The van der Waals surface area contributed by atoms with Gasteiger partial charge in [0.15, 0.2) is 0 Å². The summed E-state index contributed by atoms with van der Waals surface area (Å²) < 4.78 is 10.9. The molecule has 1 rings (SSSR count). The molecule has 0 bridgehead atoms. The third-order valence-corrected chi connectivity index (χ3v) is 3.07. The summed E-state index contributed by atoms with van der Waals surface area (Å²) in [6.45, 7) is 11.1. The molecule has 1 fully saturated rings. The zero-order chi connectivity index (χ0) is 13.1. The van der Waals surface area contributed by atoms with E-state index in [1.165, 1.54) is 0 Å². The molecule has 0 aliphatic carbocycles. The number of hydrogen-bond acceptors (Lipinski definition) is 3. The second-order valence-electron chi connectivity index (χ2n) is 5.08. The van der Waals surface area contributed by atoms with Crippen LogP contribution in [-0.2, 0) is 9.47 Å². The highest BCUT2D eigenvalue weighted by atomic mass is 79.9. The van der Waals surface area contributed by atoms with Gasteiger partial charge in [0.1, 0.15) is 5.60 Å². The number of hydrogen-bond donors (Lipinski definition) is 0. The van der Waals surface area contributed by atoms with Gasteiger partial charge in [0.2, 0.25) is 0 Å². The molecule has 1 aliphatic heterocycles. The molecule has 5 heteroatoms. The Bertz CT molecular complexity index is 299. The van der Waals surface area contributed by atoms with Gasteiger partial charge in [0.25, 0.3) is 0 Å². The van der Waals surface area contributed by atoms with Crippen molar-refractivity contribution in [2.75, 3.05) is 25.0 Å². The molecular formula is C12H20BrNO3. The first-order chi connectivity index (χ1) is 7.83. The number of rotatable bonds is 2. The van der Waals surface area contributed by atoms with Crippen molar-refractivity contribution in [3.05, 3.63) is 12.2 Å². The fourth-order valence-electron chi connectivity index (χ4n) is 1.47. The van der Waals surface area contributed by atoms with Crippen molar-refractivity contribution in [3.63, 3.8) is 0 Å². The average molecular weight is 306 g/mol. The molecule has 1 unspecified atom stereocenters. The highest BCUT2D eigenvalue weighted by Crippen LogP contribution is 2.17. The second-order valence-corrected chi connectivity index (χ2v) is 5.64. The van der Waals surface area contributed by atoms with Crippen LogP contribution in [0.1, 0.15) is 20.8 Å². The summed E-state index contributed by atoms with van der Waals surface area (Å²) in [6, 6.07) is 0. The maximum absolute atomic E-state index is 11.9. The summed E-state index contributed by atoms with van der Waals surface area (Å²) in [5, 5.41) is 0.680. The van der Waals surface area contributed by atoms with Crippen molar-refractivity contribution >= 4 is 22.0 Å². The predicted molar refractivity (Wildman–Crippen MR) is 70.5 cm³/mol. The molecule has 1 atom stereocenters. The molecule has 0 radical (unpaired) electrons. The van der Waals surface area contributed by atoms with Gasteiger partial charge < -0.3 is 14.4 Å². The Morgan fingerprint density at radius 1 is 1.59 bits per heavy atom. The number of carbonyl (C=O) groups excluding carboxylic acids is 1. The number of amides is 1. The Labute approximate surface area is 111 Å². The van der Waals surface area contributed by atoms with Gasteiger partial charge in [-0.2, -0.15) is 0 Å². The number of carbonyl (C=O) groups is 1. The van der Waals surface area contributed by atoms with Crippen LogP contribution in [0, 0.1) is 0 Å². The molecule has 98 valence electrons. The summed E-state index contributed by atoms with van der Waals surface area (Å²) in [6.07, 6.45) is -0.385. The van der Waals surface area contributed by atoms with Crippen LogP contribution < -0.4 is 0 Å². The van der Waals surface area contributed by atoms with Gasteiger partial charge in [-0.05, 0) is 26.3 Å². The van der Waals surface area contributed by atoms with Gasteiger partial charge >= 0.3 is 6.09 Å². The molecule has 0 N–H and O–H groups in total. The monoisotopic (exact) mass is 305 g/mol. The van der Waals surface area contributed by atoms with E-state index in [-0.39, 0.29) is 12.2 Å². The van der Waals surface area contributed by atoms with Gasteiger partial charge in [-0.15, -0.1) is 0 Å². The van der Waals surface area contributed by atoms with E-state index in [2.05, 4.69) is 22.5 Å². The van der Waals surface area contributed by atoms with Crippen LogP contribution in [-0.4, -0.2) is 47.7 Å². The average Bonchev–Trinajstić information content (AvgIpc) is 2.26. The maximum atomic E-state index is 11.9. The fourth-order valence-corrected chi connectivity index (χ4v) is 1.84. The molecule has 1 amide bonds. The SMILES string of the molecule is C=C(CBr)C1CN(C(=O)OC(C)(C)C)CCO1. The van der Waals surface area contributed by atoms with E-state index in [0.717, 1.165) is 5.57 Å². The Morgan fingerprint density at radius 2 is 2.24 bits per heavy atom. The van der Waals surface area contributed by atoms with Crippen LogP contribution in [0.4, 0.5) is 4.79 Å². The molecule has 1 heterocycles. The van der Waals surface area contributed by atoms with Gasteiger partial charge in [0.05, 0.1) is 19.3 Å². The molecule has 0 saturated carbocycles. The van der Waals surface area contributed by atoms with Crippen molar-refractivity contribution in [1.29, 1.82) is 0 Å².